The number of rotatable bonds is 3. The topological polar surface area (TPSA) is 39.7 Å². The van der Waals surface area contributed by atoms with Gasteiger partial charge in [-0.05, 0) is 50.5 Å². The Labute approximate surface area is 190 Å². The molecule has 0 saturated carbocycles. The van der Waals surface area contributed by atoms with Crippen LogP contribution in [0.2, 0.25) is 0 Å². The number of nitrogens with zero attached hydrogens (tertiary/aromatic N) is 4. The number of amides is 1. The summed E-state index contributed by atoms with van der Waals surface area (Å²) in [7, 11) is 0. The second kappa shape index (κ2) is 8.91. The molecule has 1 aromatic heterocycles. The molecule has 3 aromatic rings. The van der Waals surface area contributed by atoms with Crippen LogP contribution in [0.3, 0.4) is 0 Å². The maximum atomic E-state index is 13.5. The summed E-state index contributed by atoms with van der Waals surface area (Å²) in [6, 6.07) is 19.0. The van der Waals surface area contributed by atoms with E-state index in [0.29, 0.717) is 6.04 Å². The molecule has 32 heavy (non-hydrogen) atoms. The number of carbonyl (C=O) groups is 1. The highest BCUT2D eigenvalue weighted by molar-refractivity contribution is 6.06. The van der Waals surface area contributed by atoms with Gasteiger partial charge in [0.2, 0.25) is 0 Å². The minimum absolute atomic E-state index is 0.148. The summed E-state index contributed by atoms with van der Waals surface area (Å²) in [5.74, 6) is 0.148. The number of piperazine rings is 1. The lowest BCUT2D eigenvalue weighted by molar-refractivity contribution is 0.0565. The van der Waals surface area contributed by atoms with E-state index in [0.717, 1.165) is 67.8 Å². The van der Waals surface area contributed by atoms with Crippen LogP contribution in [-0.2, 0) is 0 Å². The van der Waals surface area contributed by atoms with Gasteiger partial charge in [-0.1, -0.05) is 36.4 Å². The van der Waals surface area contributed by atoms with Crippen LogP contribution in [0.4, 0.5) is 5.69 Å². The molecular formula is C27H32N4O. The number of aryl methyl sites for hydroxylation is 2. The van der Waals surface area contributed by atoms with Crippen LogP contribution in [0.25, 0.3) is 10.9 Å². The summed E-state index contributed by atoms with van der Waals surface area (Å²) in [6.45, 7) is 10.0. The molecule has 2 fully saturated rings. The Morgan fingerprint density at radius 1 is 0.938 bits per heavy atom. The van der Waals surface area contributed by atoms with Gasteiger partial charge in [-0.25, -0.2) is 0 Å². The van der Waals surface area contributed by atoms with Gasteiger partial charge in [0.1, 0.15) is 0 Å². The molecule has 0 N–H and O–H groups in total. The first-order chi connectivity index (χ1) is 15.6. The zero-order valence-electron chi connectivity index (χ0n) is 19.1. The molecule has 166 valence electrons. The number of anilines is 1. The standard InChI is InChI=1S/C27H32N4O/c1-20-8-3-6-12-26(20)30-16-14-29(15-17-30)22-9-7-13-31(19-22)27(32)24-18-21(2)28-25-11-5-4-10-23(24)25/h3-6,8,10-12,18,22H,7,9,13-17,19H2,1-2H3/t22-/m1/s1. The van der Waals surface area contributed by atoms with E-state index in [1.54, 1.807) is 0 Å². The molecule has 2 saturated heterocycles. The predicted molar refractivity (Wildman–Crippen MR) is 130 cm³/mol. The van der Waals surface area contributed by atoms with Gasteiger partial charge >= 0.3 is 0 Å². The molecule has 5 rings (SSSR count). The van der Waals surface area contributed by atoms with Crippen LogP contribution < -0.4 is 4.90 Å². The van der Waals surface area contributed by atoms with Crippen molar-refractivity contribution >= 4 is 22.5 Å². The van der Waals surface area contributed by atoms with Crippen molar-refractivity contribution in [2.45, 2.75) is 32.7 Å². The first-order valence-corrected chi connectivity index (χ1v) is 11.8. The summed E-state index contributed by atoms with van der Waals surface area (Å²) in [4.78, 5) is 25.3. The maximum Gasteiger partial charge on any atom is 0.254 e. The van der Waals surface area contributed by atoms with E-state index in [1.807, 2.05) is 37.3 Å². The molecule has 5 nitrogen and oxygen atoms in total. The summed E-state index contributed by atoms with van der Waals surface area (Å²) in [5.41, 5.74) is 5.28. The van der Waals surface area contributed by atoms with Crippen molar-refractivity contribution in [3.63, 3.8) is 0 Å². The number of benzene rings is 2. The van der Waals surface area contributed by atoms with Gasteiger partial charge in [0.15, 0.2) is 0 Å². The zero-order valence-corrected chi connectivity index (χ0v) is 19.1. The fourth-order valence-electron chi connectivity index (χ4n) is 5.34. The SMILES string of the molecule is Cc1cc(C(=O)N2CCC[C@@H](N3CCN(c4ccccc4C)CC3)C2)c2ccccc2n1. The van der Waals surface area contributed by atoms with E-state index in [2.05, 4.69) is 50.9 Å². The Morgan fingerprint density at radius 3 is 2.50 bits per heavy atom. The lowest BCUT2D eigenvalue weighted by Gasteiger charge is -2.44. The van der Waals surface area contributed by atoms with Gasteiger partial charge in [-0.3, -0.25) is 14.7 Å². The summed E-state index contributed by atoms with van der Waals surface area (Å²) < 4.78 is 0. The van der Waals surface area contributed by atoms with Crippen LogP contribution in [0, 0.1) is 13.8 Å². The fraction of sp³-hybridized carbons (Fsp3) is 0.407. The number of piperidine rings is 1. The second-order valence-corrected chi connectivity index (χ2v) is 9.19. The number of aromatic nitrogens is 1. The van der Waals surface area contributed by atoms with Crippen LogP contribution in [0.1, 0.15) is 34.5 Å². The summed E-state index contributed by atoms with van der Waals surface area (Å²) in [5, 5.41) is 0.956. The van der Waals surface area contributed by atoms with Crippen molar-refractivity contribution < 1.29 is 4.79 Å². The Hall–Kier alpha value is -2.92. The molecule has 2 aromatic carbocycles. The average Bonchev–Trinajstić information content (AvgIpc) is 2.83. The van der Waals surface area contributed by atoms with Gasteiger partial charge in [0, 0.05) is 62.1 Å². The third-order valence-corrected chi connectivity index (χ3v) is 7.05. The highest BCUT2D eigenvalue weighted by Gasteiger charge is 2.31. The fourth-order valence-corrected chi connectivity index (χ4v) is 5.34. The monoisotopic (exact) mass is 428 g/mol. The molecule has 1 atom stereocenters. The normalized spacial score (nSPS) is 20.0. The lowest BCUT2D eigenvalue weighted by atomic mass is 10.0. The first kappa shape index (κ1) is 21.0. The van der Waals surface area contributed by atoms with Gasteiger partial charge in [-0.15, -0.1) is 0 Å². The van der Waals surface area contributed by atoms with E-state index in [1.165, 1.54) is 17.7 Å². The van der Waals surface area contributed by atoms with E-state index in [9.17, 15) is 4.79 Å². The molecule has 2 aliphatic rings. The third kappa shape index (κ3) is 4.09. The van der Waals surface area contributed by atoms with Gasteiger partial charge in [0.25, 0.3) is 5.91 Å². The molecule has 0 aliphatic carbocycles. The van der Waals surface area contributed by atoms with E-state index < -0.39 is 0 Å². The number of likely N-dealkylation sites (tertiary alicyclic amines) is 1. The van der Waals surface area contributed by atoms with Crippen molar-refractivity contribution in [2.24, 2.45) is 0 Å². The number of fused-ring (bicyclic) bond motifs is 1. The molecule has 2 aliphatic heterocycles. The van der Waals surface area contributed by atoms with Gasteiger partial charge in [0.05, 0.1) is 11.1 Å². The Kier molecular flexibility index (Phi) is 5.83. The summed E-state index contributed by atoms with van der Waals surface area (Å²) in [6.07, 6.45) is 2.24. The van der Waals surface area contributed by atoms with Crippen LogP contribution >= 0.6 is 0 Å². The maximum absolute atomic E-state index is 13.5. The minimum atomic E-state index is 0.148. The molecule has 0 unspecified atom stereocenters. The van der Waals surface area contributed by atoms with Gasteiger partial charge in [-0.2, -0.15) is 0 Å². The van der Waals surface area contributed by atoms with Crippen LogP contribution in [0.5, 0.6) is 0 Å². The largest absolute Gasteiger partial charge is 0.369 e. The van der Waals surface area contributed by atoms with Crippen LogP contribution in [0.15, 0.2) is 54.6 Å². The molecule has 0 radical (unpaired) electrons. The highest BCUT2D eigenvalue weighted by atomic mass is 16.2. The lowest BCUT2D eigenvalue weighted by Crippen LogP contribution is -2.56. The molecular weight excluding hydrogens is 396 g/mol. The number of carbonyl (C=O) groups excluding carboxylic acids is 1. The quantitative estimate of drug-likeness (QED) is 0.624. The molecule has 3 heterocycles. The van der Waals surface area contributed by atoms with E-state index >= 15 is 0 Å². The van der Waals surface area contributed by atoms with Crippen molar-refractivity contribution in [1.82, 2.24) is 14.8 Å². The number of hydrogen-bond acceptors (Lipinski definition) is 4. The Balaban J connectivity index is 1.28. The van der Waals surface area contributed by atoms with E-state index in [-0.39, 0.29) is 5.91 Å². The Bertz CT molecular complexity index is 1120. The number of pyridine rings is 1. The van der Waals surface area contributed by atoms with Crippen molar-refractivity contribution in [3.05, 3.63) is 71.4 Å². The molecule has 1 amide bonds. The predicted octanol–water partition coefficient (Wildman–Crippen LogP) is 4.28. The third-order valence-electron chi connectivity index (χ3n) is 7.05. The van der Waals surface area contributed by atoms with Gasteiger partial charge < -0.3 is 9.80 Å². The number of para-hydroxylation sites is 2. The van der Waals surface area contributed by atoms with Crippen molar-refractivity contribution in [2.75, 3.05) is 44.2 Å². The first-order valence-electron chi connectivity index (χ1n) is 11.8. The molecule has 0 spiro atoms. The molecule has 0 bridgehead atoms. The molecule has 5 heteroatoms. The van der Waals surface area contributed by atoms with Crippen molar-refractivity contribution in [1.29, 1.82) is 0 Å². The van der Waals surface area contributed by atoms with E-state index in [4.69, 9.17) is 0 Å². The highest BCUT2D eigenvalue weighted by Crippen LogP contribution is 2.25. The Morgan fingerprint density at radius 2 is 1.69 bits per heavy atom. The summed E-state index contributed by atoms with van der Waals surface area (Å²) >= 11 is 0. The minimum Gasteiger partial charge on any atom is -0.369 e. The second-order valence-electron chi connectivity index (χ2n) is 9.19. The van der Waals surface area contributed by atoms with Crippen LogP contribution in [-0.4, -0.2) is 66.0 Å². The number of hydrogen-bond donors (Lipinski definition) is 0. The zero-order chi connectivity index (χ0) is 22.1. The van der Waals surface area contributed by atoms with Crippen molar-refractivity contribution in [3.8, 4) is 0 Å². The average molecular weight is 429 g/mol. The smallest absolute Gasteiger partial charge is 0.254 e.